The van der Waals surface area contributed by atoms with Crippen LogP contribution in [-0.4, -0.2) is 58.5 Å². The fourth-order valence-electron chi connectivity index (χ4n) is 1.36. The second-order valence-electron chi connectivity index (χ2n) is 4.00. The molecule has 104 valence electrons. The van der Waals surface area contributed by atoms with E-state index in [1.807, 2.05) is 5.32 Å². The number of alkyl halides is 3. The van der Waals surface area contributed by atoms with Gasteiger partial charge in [0.05, 0.1) is 6.61 Å². The first-order valence-electron chi connectivity index (χ1n) is 5.22. The van der Waals surface area contributed by atoms with E-state index in [1.165, 1.54) is 0 Å². The molecule has 0 aromatic heterocycles. The summed E-state index contributed by atoms with van der Waals surface area (Å²) in [5.41, 5.74) is 0. The van der Waals surface area contributed by atoms with Crippen molar-refractivity contribution in [1.29, 1.82) is 0 Å². The number of nitrogens with zero attached hydrogens (tertiary/aromatic N) is 1. The van der Waals surface area contributed by atoms with E-state index in [0.29, 0.717) is 17.7 Å². The lowest BCUT2D eigenvalue weighted by atomic mass is 10.3. The number of rotatable bonds is 5. The Morgan fingerprint density at radius 1 is 1.39 bits per heavy atom. The van der Waals surface area contributed by atoms with Crippen LogP contribution in [0.3, 0.4) is 0 Å². The topological polar surface area (TPSA) is 89.9 Å². The quantitative estimate of drug-likeness (QED) is 0.664. The molecule has 1 saturated carbocycles. The highest BCUT2D eigenvalue weighted by Crippen LogP contribution is 2.30. The normalized spacial score (nSPS) is 17.1. The maximum absolute atomic E-state index is 12.2. The van der Waals surface area contributed by atoms with Crippen molar-refractivity contribution in [3.05, 3.63) is 0 Å². The standard InChI is InChI=1S/C9H13F3N2O4/c10-9(11,12)4-14(5-1-2-5)8(18)13-6(3-15)7(16)17/h5-6,15H,1-4H2,(H,13,18)(H,16,17)/t6-/m0/s1. The number of carbonyl (C=O) groups is 2. The highest BCUT2D eigenvalue weighted by Gasteiger charge is 2.41. The van der Waals surface area contributed by atoms with Gasteiger partial charge in [0.15, 0.2) is 6.04 Å². The van der Waals surface area contributed by atoms with Gasteiger partial charge in [-0.2, -0.15) is 13.2 Å². The Kier molecular flexibility index (Phi) is 4.38. The van der Waals surface area contributed by atoms with E-state index in [4.69, 9.17) is 10.2 Å². The molecule has 2 amide bonds. The van der Waals surface area contributed by atoms with Crippen molar-refractivity contribution in [2.24, 2.45) is 0 Å². The van der Waals surface area contributed by atoms with Crippen molar-refractivity contribution in [1.82, 2.24) is 10.2 Å². The molecule has 0 heterocycles. The van der Waals surface area contributed by atoms with Crippen LogP contribution in [0, 0.1) is 0 Å². The molecule has 0 aromatic carbocycles. The first-order valence-corrected chi connectivity index (χ1v) is 5.22. The Labute approximate surface area is 100 Å². The van der Waals surface area contributed by atoms with Crippen molar-refractivity contribution in [3.63, 3.8) is 0 Å². The van der Waals surface area contributed by atoms with Gasteiger partial charge < -0.3 is 20.4 Å². The predicted octanol–water partition coefficient (Wildman–Crippen LogP) is 0.168. The third kappa shape index (κ3) is 4.40. The molecule has 3 N–H and O–H groups in total. The minimum Gasteiger partial charge on any atom is -0.480 e. The van der Waals surface area contributed by atoms with E-state index in [-0.39, 0.29) is 0 Å². The number of carboxylic acid groups (broad SMARTS) is 1. The lowest BCUT2D eigenvalue weighted by Crippen LogP contribution is -2.52. The Morgan fingerprint density at radius 2 is 1.94 bits per heavy atom. The van der Waals surface area contributed by atoms with Crippen molar-refractivity contribution in [3.8, 4) is 0 Å². The molecule has 0 saturated heterocycles. The maximum atomic E-state index is 12.2. The lowest BCUT2D eigenvalue weighted by Gasteiger charge is -2.25. The van der Waals surface area contributed by atoms with Crippen LogP contribution >= 0.6 is 0 Å². The van der Waals surface area contributed by atoms with Gasteiger partial charge in [0.2, 0.25) is 0 Å². The van der Waals surface area contributed by atoms with Gasteiger partial charge in [-0.1, -0.05) is 0 Å². The molecule has 0 aliphatic heterocycles. The number of aliphatic hydroxyl groups is 1. The molecule has 1 aliphatic rings. The molecular weight excluding hydrogens is 257 g/mol. The number of amides is 2. The minimum atomic E-state index is -4.54. The second kappa shape index (κ2) is 5.42. The van der Waals surface area contributed by atoms with E-state index in [2.05, 4.69) is 0 Å². The van der Waals surface area contributed by atoms with Crippen molar-refractivity contribution in [2.75, 3.05) is 13.2 Å². The predicted molar refractivity (Wildman–Crippen MR) is 52.8 cm³/mol. The molecule has 9 heteroatoms. The van der Waals surface area contributed by atoms with Gasteiger partial charge in [0.1, 0.15) is 6.54 Å². The average molecular weight is 270 g/mol. The number of aliphatic carboxylic acids is 1. The van der Waals surface area contributed by atoms with E-state index in [1.54, 1.807) is 0 Å². The van der Waals surface area contributed by atoms with Crippen LogP contribution in [0.15, 0.2) is 0 Å². The number of halogens is 3. The molecule has 0 unspecified atom stereocenters. The van der Waals surface area contributed by atoms with Gasteiger partial charge in [-0.25, -0.2) is 9.59 Å². The fourth-order valence-corrected chi connectivity index (χ4v) is 1.36. The van der Waals surface area contributed by atoms with Crippen LogP contribution in [0.25, 0.3) is 0 Å². The molecule has 6 nitrogen and oxygen atoms in total. The van der Waals surface area contributed by atoms with E-state index < -0.39 is 43.4 Å². The maximum Gasteiger partial charge on any atom is 0.406 e. The first-order chi connectivity index (χ1) is 8.24. The van der Waals surface area contributed by atoms with Crippen LogP contribution in [0.4, 0.5) is 18.0 Å². The molecule has 1 rings (SSSR count). The Hall–Kier alpha value is -1.51. The number of carbonyl (C=O) groups excluding carboxylic acids is 1. The molecule has 1 atom stereocenters. The zero-order chi connectivity index (χ0) is 13.9. The summed E-state index contributed by atoms with van der Waals surface area (Å²) in [7, 11) is 0. The molecular formula is C9H13F3N2O4. The molecule has 0 aromatic rings. The summed E-state index contributed by atoms with van der Waals surface area (Å²) in [5.74, 6) is -1.51. The van der Waals surface area contributed by atoms with E-state index in [0.717, 1.165) is 0 Å². The summed E-state index contributed by atoms with van der Waals surface area (Å²) in [5, 5.41) is 19.1. The molecule has 1 fully saturated rings. The van der Waals surface area contributed by atoms with Crippen LogP contribution in [0.5, 0.6) is 0 Å². The zero-order valence-corrected chi connectivity index (χ0v) is 9.28. The van der Waals surface area contributed by atoms with Crippen LogP contribution in [0.2, 0.25) is 0 Å². The number of carboxylic acids is 1. The van der Waals surface area contributed by atoms with Gasteiger partial charge in [0, 0.05) is 6.04 Å². The van der Waals surface area contributed by atoms with Gasteiger partial charge in [-0.05, 0) is 12.8 Å². The van der Waals surface area contributed by atoms with Crippen LogP contribution in [0.1, 0.15) is 12.8 Å². The van der Waals surface area contributed by atoms with E-state index in [9.17, 15) is 22.8 Å². The molecule has 18 heavy (non-hydrogen) atoms. The molecule has 1 aliphatic carbocycles. The van der Waals surface area contributed by atoms with Gasteiger partial charge >= 0.3 is 18.2 Å². The number of urea groups is 1. The minimum absolute atomic E-state index is 0.459. The SMILES string of the molecule is O=C(O)[C@H](CO)NC(=O)N(CC(F)(F)F)C1CC1. The summed E-state index contributed by atoms with van der Waals surface area (Å²) < 4.78 is 36.7. The number of hydrogen-bond donors (Lipinski definition) is 3. The Balaban J connectivity index is 2.62. The van der Waals surface area contributed by atoms with Crippen LogP contribution < -0.4 is 5.32 Å². The third-order valence-corrected chi connectivity index (χ3v) is 2.38. The monoisotopic (exact) mass is 270 g/mol. The fraction of sp³-hybridized carbons (Fsp3) is 0.778. The molecule has 0 bridgehead atoms. The Morgan fingerprint density at radius 3 is 2.28 bits per heavy atom. The summed E-state index contributed by atoms with van der Waals surface area (Å²) in [6.45, 7) is -2.31. The summed E-state index contributed by atoms with van der Waals surface area (Å²) in [4.78, 5) is 22.6. The van der Waals surface area contributed by atoms with Crippen LogP contribution in [-0.2, 0) is 4.79 Å². The van der Waals surface area contributed by atoms with Crippen molar-refractivity contribution < 1.29 is 33.0 Å². The van der Waals surface area contributed by atoms with Gasteiger partial charge in [-0.3, -0.25) is 0 Å². The van der Waals surface area contributed by atoms with Crippen molar-refractivity contribution >= 4 is 12.0 Å². The zero-order valence-electron chi connectivity index (χ0n) is 9.28. The highest BCUT2D eigenvalue weighted by atomic mass is 19.4. The average Bonchev–Trinajstić information content (AvgIpc) is 3.04. The largest absolute Gasteiger partial charge is 0.480 e. The lowest BCUT2D eigenvalue weighted by molar-refractivity contribution is -0.142. The summed E-state index contributed by atoms with van der Waals surface area (Å²) >= 11 is 0. The third-order valence-electron chi connectivity index (χ3n) is 2.38. The smallest absolute Gasteiger partial charge is 0.406 e. The highest BCUT2D eigenvalue weighted by molar-refractivity contribution is 5.83. The van der Waals surface area contributed by atoms with Gasteiger partial charge in [-0.15, -0.1) is 0 Å². The summed E-state index contributed by atoms with van der Waals surface area (Å²) in [6, 6.07) is -3.25. The Bertz CT molecular complexity index is 330. The van der Waals surface area contributed by atoms with Crippen molar-refractivity contribution in [2.45, 2.75) is 31.1 Å². The van der Waals surface area contributed by atoms with Gasteiger partial charge in [0.25, 0.3) is 0 Å². The molecule has 0 radical (unpaired) electrons. The first kappa shape index (κ1) is 14.6. The summed E-state index contributed by atoms with van der Waals surface area (Å²) in [6.07, 6.45) is -3.63. The number of aliphatic hydroxyl groups excluding tert-OH is 1. The van der Waals surface area contributed by atoms with E-state index >= 15 is 0 Å². The number of nitrogens with one attached hydrogen (secondary N) is 1. The second-order valence-corrected chi connectivity index (χ2v) is 4.00. The molecule has 0 spiro atoms. The number of hydrogen-bond acceptors (Lipinski definition) is 3.